The lowest BCUT2D eigenvalue weighted by atomic mass is 10.0. The Balaban J connectivity index is 1.79. The molecular formula is C25H21F4N5O3. The SMILES string of the molecule is [2H]C([2H])([2H])Oc1ncc(-c2ccc3c(C(=O)NC)n[nH]c3c2)cc1C(=O)N[C@@H](c1cc(C(F)(F)F)ccc1F)C([2H])([2H])[2H]. The third kappa shape index (κ3) is 5.08. The Morgan fingerprint density at radius 3 is 2.62 bits per heavy atom. The van der Waals surface area contributed by atoms with Gasteiger partial charge in [-0.2, -0.15) is 18.3 Å². The Hall–Kier alpha value is -4.48. The molecule has 0 aliphatic rings. The second kappa shape index (κ2) is 9.88. The average molecular weight is 522 g/mol. The van der Waals surface area contributed by atoms with E-state index in [1.165, 1.54) is 13.1 Å². The maximum Gasteiger partial charge on any atom is 0.416 e. The van der Waals surface area contributed by atoms with E-state index >= 15 is 0 Å². The monoisotopic (exact) mass is 521 g/mol. The first-order valence-corrected chi connectivity index (χ1v) is 10.5. The molecule has 0 saturated heterocycles. The van der Waals surface area contributed by atoms with Gasteiger partial charge in [0.1, 0.15) is 11.4 Å². The van der Waals surface area contributed by atoms with Gasteiger partial charge in [-0.3, -0.25) is 14.7 Å². The predicted molar refractivity (Wildman–Crippen MR) is 127 cm³/mol. The van der Waals surface area contributed by atoms with Gasteiger partial charge in [0, 0.05) is 33.9 Å². The predicted octanol–water partition coefficient (Wildman–Crippen LogP) is 4.64. The fourth-order valence-corrected chi connectivity index (χ4v) is 3.57. The molecule has 2 heterocycles. The Bertz CT molecular complexity index is 1710. The van der Waals surface area contributed by atoms with Crippen molar-refractivity contribution in [3.8, 4) is 17.0 Å². The van der Waals surface area contributed by atoms with E-state index in [0.717, 1.165) is 12.3 Å². The lowest BCUT2D eigenvalue weighted by Crippen LogP contribution is -2.28. The molecule has 0 saturated carbocycles. The van der Waals surface area contributed by atoms with Gasteiger partial charge in [-0.05, 0) is 48.8 Å². The Morgan fingerprint density at radius 2 is 1.92 bits per heavy atom. The third-order valence-electron chi connectivity index (χ3n) is 5.44. The van der Waals surface area contributed by atoms with Crippen molar-refractivity contribution in [1.29, 1.82) is 0 Å². The number of carbonyl (C=O) groups excluding carboxylic acids is 2. The summed E-state index contributed by atoms with van der Waals surface area (Å²) in [6.07, 6.45) is -3.79. The van der Waals surface area contributed by atoms with Crippen molar-refractivity contribution in [2.75, 3.05) is 14.1 Å². The van der Waals surface area contributed by atoms with Crippen LogP contribution in [0.15, 0.2) is 48.7 Å². The lowest BCUT2D eigenvalue weighted by Gasteiger charge is -2.18. The van der Waals surface area contributed by atoms with Crippen molar-refractivity contribution in [3.63, 3.8) is 0 Å². The van der Waals surface area contributed by atoms with Gasteiger partial charge in [-0.15, -0.1) is 0 Å². The molecule has 2 amide bonds. The molecule has 4 aromatic rings. The van der Waals surface area contributed by atoms with Gasteiger partial charge in [0.15, 0.2) is 5.69 Å². The maximum absolute atomic E-state index is 14.7. The van der Waals surface area contributed by atoms with Crippen LogP contribution >= 0.6 is 0 Å². The van der Waals surface area contributed by atoms with E-state index in [1.807, 2.05) is 5.32 Å². The number of carbonyl (C=O) groups is 2. The number of nitrogens with zero attached hydrogens (tertiary/aromatic N) is 2. The molecule has 0 spiro atoms. The highest BCUT2D eigenvalue weighted by atomic mass is 19.4. The topological polar surface area (TPSA) is 109 Å². The molecule has 8 nitrogen and oxygen atoms in total. The Labute approximate surface area is 216 Å². The summed E-state index contributed by atoms with van der Waals surface area (Å²) in [6.45, 7) is -3.25. The van der Waals surface area contributed by atoms with Gasteiger partial charge in [0.25, 0.3) is 11.8 Å². The van der Waals surface area contributed by atoms with Gasteiger partial charge >= 0.3 is 6.18 Å². The number of nitrogens with one attached hydrogen (secondary N) is 3. The van der Waals surface area contributed by atoms with E-state index in [-0.39, 0.29) is 17.3 Å². The van der Waals surface area contributed by atoms with Crippen LogP contribution in [0.3, 0.4) is 0 Å². The van der Waals surface area contributed by atoms with Crippen LogP contribution in [0.4, 0.5) is 17.6 Å². The number of methoxy groups -OCH3 is 1. The summed E-state index contributed by atoms with van der Waals surface area (Å²) in [6, 6.07) is 4.57. The summed E-state index contributed by atoms with van der Waals surface area (Å²) in [7, 11) is -1.68. The van der Waals surface area contributed by atoms with Crippen LogP contribution in [0.5, 0.6) is 5.88 Å². The molecule has 2 aromatic carbocycles. The average Bonchev–Trinajstić information content (AvgIpc) is 3.33. The highest BCUT2D eigenvalue weighted by Crippen LogP contribution is 2.32. The van der Waals surface area contributed by atoms with E-state index in [1.54, 1.807) is 12.1 Å². The minimum atomic E-state index is -4.94. The number of benzene rings is 2. The van der Waals surface area contributed by atoms with Gasteiger partial charge in [0.2, 0.25) is 5.88 Å². The molecule has 0 aliphatic carbocycles. The van der Waals surface area contributed by atoms with Gasteiger partial charge in [0.05, 0.1) is 28.3 Å². The third-order valence-corrected chi connectivity index (χ3v) is 5.44. The molecule has 0 bridgehead atoms. The van der Waals surface area contributed by atoms with Crippen molar-refractivity contribution in [2.45, 2.75) is 19.1 Å². The van der Waals surface area contributed by atoms with Gasteiger partial charge in [-0.25, -0.2) is 9.37 Å². The molecule has 192 valence electrons. The highest BCUT2D eigenvalue weighted by molar-refractivity contribution is 6.05. The number of halogens is 4. The standard InChI is InChI=1S/C25H21F4N5O3/c1-12(17-10-15(25(27,28)29)5-7-19(17)26)32-22(35)18-8-14(11-31-24(18)37-3)13-4-6-16-20(9-13)33-34-21(16)23(36)30-2/h4-12H,1-3H3,(H,30,36)(H,32,35)(H,33,34)/t12-/m1/s1/i1D3,3D3. The number of amides is 2. The first-order valence-electron chi connectivity index (χ1n) is 13.5. The van der Waals surface area contributed by atoms with Crippen LogP contribution in [0.25, 0.3) is 22.0 Å². The van der Waals surface area contributed by atoms with Gasteiger partial charge < -0.3 is 15.4 Å². The minimum absolute atomic E-state index is 0.112. The fraction of sp³-hybridized carbons (Fsp3) is 0.200. The smallest absolute Gasteiger partial charge is 0.416 e. The summed E-state index contributed by atoms with van der Waals surface area (Å²) in [5.74, 6) is -3.85. The minimum Gasteiger partial charge on any atom is -0.480 e. The Morgan fingerprint density at radius 1 is 1.11 bits per heavy atom. The number of rotatable bonds is 6. The van der Waals surface area contributed by atoms with Crippen molar-refractivity contribution in [1.82, 2.24) is 25.8 Å². The number of aromatic amines is 1. The molecule has 3 N–H and O–H groups in total. The van der Waals surface area contributed by atoms with Crippen molar-refractivity contribution >= 4 is 22.7 Å². The molecule has 12 heteroatoms. The molecular weight excluding hydrogens is 494 g/mol. The molecule has 37 heavy (non-hydrogen) atoms. The maximum atomic E-state index is 14.7. The number of hydrogen-bond donors (Lipinski definition) is 3. The van der Waals surface area contributed by atoms with Crippen LogP contribution in [0.2, 0.25) is 0 Å². The summed E-state index contributed by atoms with van der Waals surface area (Å²) < 4.78 is 105. The lowest BCUT2D eigenvalue weighted by molar-refractivity contribution is -0.137. The second-order valence-corrected chi connectivity index (χ2v) is 7.73. The number of ether oxygens (including phenoxy) is 1. The quantitative estimate of drug-likeness (QED) is 0.320. The van der Waals surface area contributed by atoms with Crippen molar-refractivity contribution in [3.05, 3.63) is 76.9 Å². The van der Waals surface area contributed by atoms with E-state index in [2.05, 4.69) is 20.5 Å². The zero-order valence-electron chi connectivity index (χ0n) is 24.8. The summed E-state index contributed by atoms with van der Waals surface area (Å²) in [5, 5.41) is 11.5. The molecule has 0 fully saturated rings. The van der Waals surface area contributed by atoms with Crippen LogP contribution in [-0.2, 0) is 6.18 Å². The molecule has 0 aliphatic heterocycles. The summed E-state index contributed by atoms with van der Waals surface area (Å²) in [5.41, 5.74) is -1.83. The van der Waals surface area contributed by atoms with Crippen LogP contribution in [0.1, 0.15) is 53.1 Å². The van der Waals surface area contributed by atoms with E-state index in [0.29, 0.717) is 28.6 Å². The first-order chi connectivity index (χ1) is 19.9. The number of hydrogen-bond acceptors (Lipinski definition) is 5. The summed E-state index contributed by atoms with van der Waals surface area (Å²) >= 11 is 0. The van der Waals surface area contributed by atoms with E-state index in [4.69, 9.17) is 13.0 Å². The Kier molecular flexibility index (Phi) is 5.00. The van der Waals surface area contributed by atoms with Crippen LogP contribution in [0, 0.1) is 5.82 Å². The number of alkyl halides is 3. The number of pyridine rings is 1. The van der Waals surface area contributed by atoms with E-state index < -0.39 is 66.3 Å². The fourth-order valence-electron chi connectivity index (χ4n) is 3.57. The van der Waals surface area contributed by atoms with Crippen molar-refractivity contribution in [2.24, 2.45) is 0 Å². The molecule has 1 atom stereocenters. The molecule has 2 aromatic heterocycles. The normalized spacial score (nSPS) is 15.4. The van der Waals surface area contributed by atoms with E-state index in [9.17, 15) is 27.2 Å². The zero-order valence-corrected chi connectivity index (χ0v) is 18.8. The highest BCUT2D eigenvalue weighted by Gasteiger charge is 2.32. The second-order valence-electron chi connectivity index (χ2n) is 7.73. The molecule has 4 rings (SSSR count). The van der Waals surface area contributed by atoms with Crippen LogP contribution < -0.4 is 15.4 Å². The number of H-pyrrole nitrogens is 1. The largest absolute Gasteiger partial charge is 0.480 e. The first kappa shape index (κ1) is 18.7. The van der Waals surface area contributed by atoms with Crippen LogP contribution in [-0.4, -0.2) is 41.1 Å². The molecule has 0 radical (unpaired) electrons. The zero-order chi connectivity index (χ0) is 31.9. The number of aromatic nitrogens is 3. The van der Waals surface area contributed by atoms with Gasteiger partial charge in [-0.1, -0.05) is 6.07 Å². The summed E-state index contributed by atoms with van der Waals surface area (Å²) in [4.78, 5) is 29.3. The molecule has 0 unspecified atom stereocenters. The van der Waals surface area contributed by atoms with Crippen molar-refractivity contribution < 1.29 is 40.1 Å². The number of fused-ring (bicyclic) bond motifs is 1.